The number of amides is 2. The molecule has 0 aromatic heterocycles. The van der Waals surface area contributed by atoms with Crippen LogP contribution >= 0.6 is 27.7 Å². The molecule has 0 radical (unpaired) electrons. The number of likely N-dealkylation sites (N-methyl/N-ethyl adjacent to an activating group) is 1. The Kier molecular flexibility index (Phi) is 4.95. The lowest BCUT2D eigenvalue weighted by molar-refractivity contribution is -0.122. The zero-order valence-corrected chi connectivity index (χ0v) is 14.2. The van der Waals surface area contributed by atoms with Crippen LogP contribution in [0.5, 0.6) is 11.5 Å². The molecule has 7 heteroatoms. The van der Waals surface area contributed by atoms with E-state index in [2.05, 4.69) is 15.9 Å². The van der Waals surface area contributed by atoms with Crippen molar-refractivity contribution in [3.8, 4) is 11.5 Å². The van der Waals surface area contributed by atoms with Crippen molar-refractivity contribution in [2.45, 2.75) is 6.92 Å². The van der Waals surface area contributed by atoms with E-state index in [4.69, 9.17) is 9.47 Å². The van der Waals surface area contributed by atoms with Crippen LogP contribution in [0.15, 0.2) is 21.5 Å². The number of methoxy groups -OCH3 is 2. The normalized spacial score (nSPS) is 16.8. The molecule has 0 saturated carbocycles. The van der Waals surface area contributed by atoms with E-state index in [0.29, 0.717) is 28.5 Å². The van der Waals surface area contributed by atoms with Crippen LogP contribution in [-0.4, -0.2) is 36.8 Å². The SMILES string of the molecule is CCN1C(=O)S/C(=C\c2cc(Br)c(OC)cc2OC)C1=O. The van der Waals surface area contributed by atoms with Gasteiger partial charge in [0.15, 0.2) is 0 Å². The van der Waals surface area contributed by atoms with Gasteiger partial charge in [0, 0.05) is 18.2 Å². The minimum absolute atomic E-state index is 0.250. The Morgan fingerprint density at radius 2 is 1.90 bits per heavy atom. The number of carbonyl (C=O) groups is 2. The second-order valence-electron chi connectivity index (χ2n) is 4.15. The van der Waals surface area contributed by atoms with Crippen molar-refractivity contribution in [2.24, 2.45) is 0 Å². The summed E-state index contributed by atoms with van der Waals surface area (Å²) in [5.74, 6) is 0.922. The van der Waals surface area contributed by atoms with Gasteiger partial charge in [-0.1, -0.05) is 0 Å². The Labute approximate surface area is 135 Å². The van der Waals surface area contributed by atoms with Crippen molar-refractivity contribution >= 4 is 44.9 Å². The zero-order valence-electron chi connectivity index (χ0n) is 11.8. The zero-order chi connectivity index (χ0) is 15.6. The van der Waals surface area contributed by atoms with Gasteiger partial charge < -0.3 is 9.47 Å². The average Bonchev–Trinajstić information content (AvgIpc) is 2.73. The largest absolute Gasteiger partial charge is 0.496 e. The minimum atomic E-state index is -0.276. The minimum Gasteiger partial charge on any atom is -0.496 e. The number of rotatable bonds is 4. The van der Waals surface area contributed by atoms with E-state index in [1.165, 1.54) is 12.0 Å². The Bertz CT molecular complexity index is 630. The van der Waals surface area contributed by atoms with Crippen molar-refractivity contribution in [3.63, 3.8) is 0 Å². The Morgan fingerprint density at radius 3 is 2.43 bits per heavy atom. The van der Waals surface area contributed by atoms with Gasteiger partial charge in [-0.3, -0.25) is 14.5 Å². The van der Waals surface area contributed by atoms with E-state index in [1.807, 2.05) is 0 Å². The van der Waals surface area contributed by atoms with E-state index in [0.717, 1.165) is 16.2 Å². The van der Waals surface area contributed by atoms with Crippen molar-refractivity contribution in [1.82, 2.24) is 4.90 Å². The van der Waals surface area contributed by atoms with Crippen LogP contribution in [-0.2, 0) is 4.79 Å². The maximum Gasteiger partial charge on any atom is 0.293 e. The number of benzene rings is 1. The maximum absolute atomic E-state index is 12.1. The number of hydrogen-bond donors (Lipinski definition) is 0. The molecule has 1 heterocycles. The molecular weight excluding hydrogens is 358 g/mol. The first-order valence-electron chi connectivity index (χ1n) is 6.18. The van der Waals surface area contributed by atoms with Crippen LogP contribution in [0.25, 0.3) is 6.08 Å². The molecule has 0 atom stereocenters. The molecule has 112 valence electrons. The van der Waals surface area contributed by atoms with Crippen LogP contribution in [0.4, 0.5) is 4.79 Å². The van der Waals surface area contributed by atoms with Gasteiger partial charge in [-0.25, -0.2) is 0 Å². The highest BCUT2D eigenvalue weighted by Gasteiger charge is 2.33. The molecule has 0 spiro atoms. The first kappa shape index (κ1) is 15.9. The smallest absolute Gasteiger partial charge is 0.293 e. The molecule has 2 rings (SSSR count). The third kappa shape index (κ3) is 3.08. The number of hydrogen-bond acceptors (Lipinski definition) is 5. The standard InChI is InChI=1S/C14H14BrNO4S/c1-4-16-13(17)12(21-14(16)18)6-8-5-9(15)11(20-3)7-10(8)19-2/h5-7H,4H2,1-3H3/b12-6-. The molecule has 1 aromatic rings. The summed E-state index contributed by atoms with van der Waals surface area (Å²) >= 11 is 4.33. The van der Waals surface area contributed by atoms with Gasteiger partial charge in [-0.2, -0.15) is 0 Å². The van der Waals surface area contributed by atoms with Gasteiger partial charge in [-0.05, 0) is 46.8 Å². The Morgan fingerprint density at radius 1 is 1.24 bits per heavy atom. The van der Waals surface area contributed by atoms with Gasteiger partial charge in [0.05, 0.1) is 23.6 Å². The molecule has 0 aliphatic carbocycles. The molecule has 0 unspecified atom stereocenters. The van der Waals surface area contributed by atoms with Crippen LogP contribution in [0.1, 0.15) is 12.5 Å². The summed E-state index contributed by atoms with van der Waals surface area (Å²) in [7, 11) is 3.10. The monoisotopic (exact) mass is 371 g/mol. The predicted octanol–water partition coefficient (Wildman–Crippen LogP) is 3.52. The first-order chi connectivity index (χ1) is 10.0. The van der Waals surface area contributed by atoms with Gasteiger partial charge >= 0.3 is 0 Å². The summed E-state index contributed by atoms with van der Waals surface area (Å²) < 4.78 is 11.2. The molecule has 1 aromatic carbocycles. The fourth-order valence-electron chi connectivity index (χ4n) is 1.91. The summed E-state index contributed by atoms with van der Waals surface area (Å²) in [5.41, 5.74) is 0.701. The number of ether oxygens (including phenoxy) is 2. The molecule has 2 amide bonds. The number of carbonyl (C=O) groups excluding carboxylic acids is 2. The lowest BCUT2D eigenvalue weighted by atomic mass is 10.1. The molecule has 5 nitrogen and oxygen atoms in total. The van der Waals surface area contributed by atoms with Crippen molar-refractivity contribution in [2.75, 3.05) is 20.8 Å². The summed E-state index contributed by atoms with van der Waals surface area (Å²) in [6.45, 7) is 2.13. The molecule has 1 saturated heterocycles. The summed E-state index contributed by atoms with van der Waals surface area (Å²) in [5, 5.41) is -0.250. The fraction of sp³-hybridized carbons (Fsp3) is 0.286. The maximum atomic E-state index is 12.1. The number of halogens is 1. The Hall–Kier alpha value is -1.47. The van der Waals surface area contributed by atoms with Crippen LogP contribution in [0.3, 0.4) is 0 Å². The number of imide groups is 1. The highest BCUT2D eigenvalue weighted by atomic mass is 79.9. The van der Waals surface area contributed by atoms with E-state index in [9.17, 15) is 9.59 Å². The van der Waals surface area contributed by atoms with Crippen LogP contribution in [0.2, 0.25) is 0 Å². The predicted molar refractivity (Wildman–Crippen MR) is 85.6 cm³/mol. The molecule has 1 aliphatic rings. The summed E-state index contributed by atoms with van der Waals surface area (Å²) in [4.78, 5) is 25.4. The average molecular weight is 372 g/mol. The van der Waals surface area contributed by atoms with Crippen LogP contribution in [0, 0.1) is 0 Å². The van der Waals surface area contributed by atoms with Crippen molar-refractivity contribution < 1.29 is 19.1 Å². The van der Waals surface area contributed by atoms with Gasteiger partial charge in [0.25, 0.3) is 11.1 Å². The van der Waals surface area contributed by atoms with Gasteiger partial charge in [-0.15, -0.1) is 0 Å². The second-order valence-corrected chi connectivity index (χ2v) is 6.00. The molecule has 21 heavy (non-hydrogen) atoms. The molecule has 0 N–H and O–H groups in total. The lowest BCUT2D eigenvalue weighted by Crippen LogP contribution is -2.27. The van der Waals surface area contributed by atoms with Crippen LogP contribution < -0.4 is 9.47 Å². The van der Waals surface area contributed by atoms with Gasteiger partial charge in [0.2, 0.25) is 0 Å². The topological polar surface area (TPSA) is 55.8 Å². The second kappa shape index (κ2) is 6.53. The molecular formula is C14H14BrNO4S. The Balaban J connectivity index is 2.44. The summed E-state index contributed by atoms with van der Waals surface area (Å²) in [6, 6.07) is 3.51. The number of thioether (sulfide) groups is 1. The van der Waals surface area contributed by atoms with E-state index >= 15 is 0 Å². The lowest BCUT2D eigenvalue weighted by Gasteiger charge is -2.10. The van der Waals surface area contributed by atoms with E-state index in [1.54, 1.807) is 32.2 Å². The number of nitrogens with zero attached hydrogens (tertiary/aromatic N) is 1. The third-order valence-electron chi connectivity index (χ3n) is 2.98. The quantitative estimate of drug-likeness (QED) is 0.757. The highest BCUT2D eigenvalue weighted by molar-refractivity contribution is 9.10. The van der Waals surface area contributed by atoms with Crippen molar-refractivity contribution in [1.29, 1.82) is 0 Å². The van der Waals surface area contributed by atoms with E-state index < -0.39 is 0 Å². The molecule has 1 aliphatic heterocycles. The van der Waals surface area contributed by atoms with Crippen molar-refractivity contribution in [3.05, 3.63) is 27.1 Å². The van der Waals surface area contributed by atoms with Gasteiger partial charge in [0.1, 0.15) is 11.5 Å². The molecule has 1 fully saturated rings. The summed E-state index contributed by atoms with van der Waals surface area (Å²) in [6.07, 6.45) is 1.66. The third-order valence-corrected chi connectivity index (χ3v) is 4.51. The highest BCUT2D eigenvalue weighted by Crippen LogP contribution is 2.37. The first-order valence-corrected chi connectivity index (χ1v) is 7.79. The van der Waals surface area contributed by atoms with E-state index in [-0.39, 0.29) is 11.1 Å². The molecule has 0 bridgehead atoms. The fourth-order valence-corrected chi connectivity index (χ4v) is 3.33.